The lowest BCUT2D eigenvalue weighted by molar-refractivity contribution is 0.0401. The zero-order valence-electron chi connectivity index (χ0n) is 8.14. The Morgan fingerprint density at radius 3 is 2.87 bits per heavy atom. The summed E-state index contributed by atoms with van der Waals surface area (Å²) < 4.78 is 19.0. The monoisotopic (exact) mass is 296 g/mol. The summed E-state index contributed by atoms with van der Waals surface area (Å²) >= 11 is 8.78. The van der Waals surface area contributed by atoms with Gasteiger partial charge in [-0.3, -0.25) is 0 Å². The van der Waals surface area contributed by atoms with Gasteiger partial charge in [0.15, 0.2) is 0 Å². The van der Waals surface area contributed by atoms with Gasteiger partial charge >= 0.3 is 0 Å². The van der Waals surface area contributed by atoms with Crippen LogP contribution in [0.25, 0.3) is 0 Å². The molecule has 1 rings (SSSR count). The number of rotatable bonds is 4. The summed E-state index contributed by atoms with van der Waals surface area (Å²) in [6.07, 6.45) is -0.990. The predicted molar refractivity (Wildman–Crippen MR) is 60.6 cm³/mol. The van der Waals surface area contributed by atoms with Crippen LogP contribution in [0.1, 0.15) is 18.6 Å². The number of aliphatic hydroxyl groups excluding tert-OH is 1. The molecule has 0 heterocycles. The van der Waals surface area contributed by atoms with E-state index in [0.717, 1.165) is 0 Å². The van der Waals surface area contributed by atoms with Crippen molar-refractivity contribution in [3.63, 3.8) is 0 Å². The van der Waals surface area contributed by atoms with Crippen LogP contribution >= 0.6 is 27.5 Å². The van der Waals surface area contributed by atoms with Crippen molar-refractivity contribution in [3.8, 4) is 0 Å². The minimum absolute atomic E-state index is 0.0250. The topological polar surface area (TPSA) is 29.5 Å². The van der Waals surface area contributed by atoms with Crippen LogP contribution in [-0.2, 0) is 4.74 Å². The third-order valence-electron chi connectivity index (χ3n) is 1.90. The molecule has 0 aliphatic carbocycles. The molecular formula is C10H11BrClFO2. The van der Waals surface area contributed by atoms with E-state index in [0.29, 0.717) is 11.1 Å². The fraction of sp³-hybridized carbons (Fsp3) is 0.400. The lowest BCUT2D eigenvalue weighted by Gasteiger charge is -2.12. The van der Waals surface area contributed by atoms with Crippen LogP contribution < -0.4 is 0 Å². The van der Waals surface area contributed by atoms with E-state index < -0.39 is 11.9 Å². The van der Waals surface area contributed by atoms with E-state index in [-0.39, 0.29) is 17.2 Å². The van der Waals surface area contributed by atoms with Crippen LogP contribution in [0.5, 0.6) is 0 Å². The van der Waals surface area contributed by atoms with Gasteiger partial charge in [-0.2, -0.15) is 0 Å². The third-order valence-corrected chi connectivity index (χ3v) is 3.16. The van der Waals surface area contributed by atoms with Crippen molar-refractivity contribution in [2.24, 2.45) is 0 Å². The molecule has 1 unspecified atom stereocenters. The summed E-state index contributed by atoms with van der Waals surface area (Å²) in [5, 5.41) is 9.58. The molecule has 0 aliphatic heterocycles. The maximum atomic E-state index is 13.6. The molecule has 0 saturated carbocycles. The summed E-state index contributed by atoms with van der Waals surface area (Å²) in [6, 6.07) is 3.07. The highest BCUT2D eigenvalue weighted by atomic mass is 79.9. The largest absolute Gasteiger partial charge is 0.386 e. The van der Waals surface area contributed by atoms with Crippen molar-refractivity contribution >= 4 is 27.5 Å². The number of benzene rings is 1. The Labute approximate surface area is 101 Å². The van der Waals surface area contributed by atoms with Crippen LogP contribution in [0.2, 0.25) is 5.02 Å². The zero-order valence-corrected chi connectivity index (χ0v) is 10.5. The Hall–Kier alpha value is -0.160. The van der Waals surface area contributed by atoms with Crippen LogP contribution in [0.15, 0.2) is 16.6 Å². The van der Waals surface area contributed by atoms with Gasteiger partial charge in [-0.25, -0.2) is 4.39 Å². The first-order valence-electron chi connectivity index (χ1n) is 4.47. The fourth-order valence-corrected chi connectivity index (χ4v) is 1.60. The quantitative estimate of drug-likeness (QED) is 0.864. The zero-order chi connectivity index (χ0) is 11.4. The summed E-state index contributed by atoms with van der Waals surface area (Å²) in [6.45, 7) is 2.34. The number of halogens is 3. The van der Waals surface area contributed by atoms with Gasteiger partial charge in [0.1, 0.15) is 11.9 Å². The van der Waals surface area contributed by atoms with Crippen molar-refractivity contribution in [1.82, 2.24) is 0 Å². The summed E-state index contributed by atoms with van der Waals surface area (Å²) in [4.78, 5) is 0. The van der Waals surface area contributed by atoms with Gasteiger partial charge in [0.25, 0.3) is 0 Å². The predicted octanol–water partition coefficient (Wildman–Crippen LogP) is 3.31. The molecule has 2 nitrogen and oxygen atoms in total. The molecule has 1 aromatic carbocycles. The maximum Gasteiger partial charge on any atom is 0.148 e. The molecule has 0 bridgehead atoms. The molecule has 0 saturated heterocycles. The standard InChI is InChI=1S/C10H11BrClFO2/c1-2-15-5-8(14)6-3-4-7(11)9(12)10(6)13/h3-4,8,14H,2,5H2,1H3. The molecule has 84 valence electrons. The van der Waals surface area contributed by atoms with Gasteiger partial charge in [0.2, 0.25) is 0 Å². The van der Waals surface area contributed by atoms with E-state index in [1.54, 1.807) is 13.0 Å². The van der Waals surface area contributed by atoms with E-state index in [1.807, 2.05) is 0 Å². The molecule has 5 heteroatoms. The number of ether oxygens (including phenoxy) is 1. The number of hydrogen-bond donors (Lipinski definition) is 1. The van der Waals surface area contributed by atoms with E-state index in [1.165, 1.54) is 6.07 Å². The first-order chi connectivity index (χ1) is 7.07. The third kappa shape index (κ3) is 3.14. The molecule has 1 atom stereocenters. The Morgan fingerprint density at radius 1 is 1.60 bits per heavy atom. The minimum Gasteiger partial charge on any atom is -0.386 e. The first kappa shape index (κ1) is 12.9. The molecule has 0 radical (unpaired) electrons. The van der Waals surface area contributed by atoms with E-state index in [4.69, 9.17) is 16.3 Å². The molecule has 0 spiro atoms. The average Bonchev–Trinajstić information content (AvgIpc) is 2.23. The van der Waals surface area contributed by atoms with Crippen LogP contribution in [-0.4, -0.2) is 18.3 Å². The average molecular weight is 298 g/mol. The molecule has 15 heavy (non-hydrogen) atoms. The number of hydrogen-bond acceptors (Lipinski definition) is 2. The normalized spacial score (nSPS) is 12.9. The molecule has 0 aliphatic rings. The van der Waals surface area contributed by atoms with Gasteiger partial charge in [-0.05, 0) is 28.9 Å². The van der Waals surface area contributed by atoms with Crippen molar-refractivity contribution < 1.29 is 14.2 Å². The first-order valence-corrected chi connectivity index (χ1v) is 5.64. The van der Waals surface area contributed by atoms with E-state index >= 15 is 0 Å². The van der Waals surface area contributed by atoms with Gasteiger partial charge in [-0.15, -0.1) is 0 Å². The van der Waals surface area contributed by atoms with Crippen LogP contribution in [0.3, 0.4) is 0 Å². The number of aliphatic hydroxyl groups is 1. The van der Waals surface area contributed by atoms with Gasteiger partial charge in [-0.1, -0.05) is 17.7 Å². The van der Waals surface area contributed by atoms with E-state index in [9.17, 15) is 9.50 Å². The van der Waals surface area contributed by atoms with Crippen molar-refractivity contribution in [2.45, 2.75) is 13.0 Å². The smallest absolute Gasteiger partial charge is 0.148 e. The highest BCUT2D eigenvalue weighted by molar-refractivity contribution is 9.10. The second-order valence-corrected chi connectivity index (χ2v) is 4.17. The highest BCUT2D eigenvalue weighted by Crippen LogP contribution is 2.30. The minimum atomic E-state index is -0.990. The molecule has 0 fully saturated rings. The van der Waals surface area contributed by atoms with Gasteiger partial charge in [0, 0.05) is 16.6 Å². The molecular weight excluding hydrogens is 286 g/mol. The van der Waals surface area contributed by atoms with E-state index in [2.05, 4.69) is 15.9 Å². The Kier molecular flexibility index (Phi) is 4.99. The summed E-state index contributed by atoms with van der Waals surface area (Å²) in [5.74, 6) is -0.613. The lowest BCUT2D eigenvalue weighted by atomic mass is 10.1. The molecule has 0 amide bonds. The van der Waals surface area contributed by atoms with Gasteiger partial charge in [0.05, 0.1) is 11.6 Å². The fourth-order valence-electron chi connectivity index (χ4n) is 1.12. The Balaban J connectivity index is 2.90. The second kappa shape index (κ2) is 5.80. The lowest BCUT2D eigenvalue weighted by Crippen LogP contribution is -2.09. The van der Waals surface area contributed by atoms with Crippen molar-refractivity contribution in [1.29, 1.82) is 0 Å². The SMILES string of the molecule is CCOCC(O)c1ccc(Br)c(Cl)c1F. The van der Waals surface area contributed by atoms with Gasteiger partial charge < -0.3 is 9.84 Å². The summed E-state index contributed by atoms with van der Waals surface area (Å²) in [5.41, 5.74) is 0.150. The Morgan fingerprint density at radius 2 is 2.27 bits per heavy atom. The van der Waals surface area contributed by atoms with Crippen molar-refractivity contribution in [3.05, 3.63) is 33.0 Å². The van der Waals surface area contributed by atoms with Crippen LogP contribution in [0.4, 0.5) is 4.39 Å². The molecule has 1 N–H and O–H groups in total. The summed E-state index contributed by atoms with van der Waals surface area (Å²) in [7, 11) is 0. The second-order valence-electron chi connectivity index (χ2n) is 2.94. The highest BCUT2D eigenvalue weighted by Gasteiger charge is 2.16. The molecule has 1 aromatic rings. The van der Waals surface area contributed by atoms with Crippen LogP contribution in [0, 0.1) is 5.82 Å². The maximum absolute atomic E-state index is 13.6. The molecule has 0 aromatic heterocycles. The van der Waals surface area contributed by atoms with Crippen molar-refractivity contribution in [2.75, 3.05) is 13.2 Å². The Bertz CT molecular complexity index is 346.